The summed E-state index contributed by atoms with van der Waals surface area (Å²) in [6.45, 7) is 8.58. The molecular formula is C16H23F6N3O6S2. The molecule has 1 unspecified atom stereocenters. The number of rotatable bonds is 10. The highest BCUT2D eigenvalue weighted by atomic mass is 32.3. The largest absolute Gasteiger partial charge is 0.480 e. The van der Waals surface area contributed by atoms with Gasteiger partial charge >= 0.3 is 17.0 Å². The van der Waals surface area contributed by atoms with Gasteiger partial charge in [0.25, 0.3) is 0 Å². The third-order valence-corrected chi connectivity index (χ3v) is 6.40. The Labute approximate surface area is 187 Å². The molecule has 0 spiro atoms. The normalized spacial score (nSPS) is 13.6. The molecule has 0 aliphatic carbocycles. The first-order valence-electron chi connectivity index (χ1n) is 9.18. The van der Waals surface area contributed by atoms with Crippen molar-refractivity contribution >= 4 is 26.0 Å². The van der Waals surface area contributed by atoms with Gasteiger partial charge in [-0.2, -0.15) is 30.9 Å². The first-order valence-corrected chi connectivity index (χ1v) is 12.1. The van der Waals surface area contributed by atoms with Crippen LogP contribution in [-0.4, -0.2) is 38.4 Å². The van der Waals surface area contributed by atoms with Crippen LogP contribution in [0.3, 0.4) is 0 Å². The van der Waals surface area contributed by atoms with Crippen molar-refractivity contribution in [2.45, 2.75) is 63.3 Å². The molecule has 0 saturated heterocycles. The summed E-state index contributed by atoms with van der Waals surface area (Å²) in [7, 11) is -13.4. The quantitative estimate of drug-likeness (QED) is 0.150. The second-order valence-electron chi connectivity index (χ2n) is 6.20. The molecule has 33 heavy (non-hydrogen) atoms. The minimum Gasteiger partial charge on any atom is -0.421 e. The van der Waals surface area contributed by atoms with Crippen LogP contribution in [0.2, 0.25) is 0 Å². The van der Waals surface area contributed by atoms with E-state index in [-0.39, 0.29) is 12.2 Å². The molecule has 0 bridgehead atoms. The Morgan fingerprint density at radius 2 is 1.61 bits per heavy atom. The maximum atomic E-state index is 11.4. The fourth-order valence-electron chi connectivity index (χ4n) is 2.00. The van der Waals surface area contributed by atoms with E-state index in [1.807, 2.05) is 23.3 Å². The Kier molecular flexibility index (Phi) is 11.6. The second-order valence-corrected chi connectivity index (χ2v) is 9.62. The lowest BCUT2D eigenvalue weighted by atomic mass is 10.2. The standard InChI is InChI=1S/C14H23N2O2.C2F6NO4S2/c1-4-7-8-9-13(18-14(17)5-2)16-11-10-15(6-3)12-16;3-1(4,5)14(10,11)9-15(12,13)2(6,7)8/h5,10-13H,2,4,6-9H2,1,3H3;/q+1;-1. The number of hydrogen-bond acceptors (Lipinski definition) is 6. The van der Waals surface area contributed by atoms with Crippen molar-refractivity contribution in [1.29, 1.82) is 0 Å². The zero-order chi connectivity index (χ0) is 26.1. The molecule has 0 radical (unpaired) electrons. The Morgan fingerprint density at radius 3 is 1.97 bits per heavy atom. The van der Waals surface area contributed by atoms with Crippen LogP contribution in [0, 0.1) is 0 Å². The average Bonchev–Trinajstić information content (AvgIpc) is 3.14. The molecule has 1 atom stereocenters. The highest BCUT2D eigenvalue weighted by Crippen LogP contribution is 2.36. The van der Waals surface area contributed by atoms with Crippen molar-refractivity contribution in [2.75, 3.05) is 0 Å². The maximum Gasteiger partial charge on any atom is 0.480 e. The molecule has 1 aromatic rings. The van der Waals surface area contributed by atoms with E-state index in [1.54, 1.807) is 0 Å². The number of ether oxygens (including phenoxy) is 1. The fraction of sp³-hybridized carbons (Fsp3) is 0.625. The molecule has 0 aliphatic heterocycles. The third kappa shape index (κ3) is 10.1. The van der Waals surface area contributed by atoms with Crippen LogP contribution in [0.15, 0.2) is 31.4 Å². The smallest absolute Gasteiger partial charge is 0.421 e. The predicted molar refractivity (Wildman–Crippen MR) is 103 cm³/mol. The van der Waals surface area contributed by atoms with Crippen LogP contribution >= 0.6 is 0 Å². The van der Waals surface area contributed by atoms with E-state index in [1.165, 1.54) is 6.08 Å². The summed E-state index contributed by atoms with van der Waals surface area (Å²) in [5.41, 5.74) is -12.4. The number of alkyl halides is 6. The number of carbonyl (C=O) groups is 1. The minimum atomic E-state index is -6.72. The summed E-state index contributed by atoms with van der Waals surface area (Å²) in [5.74, 6) is -0.367. The maximum absolute atomic E-state index is 11.4. The molecular weight excluding hydrogens is 508 g/mol. The molecule has 9 nitrogen and oxygen atoms in total. The van der Waals surface area contributed by atoms with Gasteiger partial charge in [-0.15, -0.1) is 0 Å². The number of imidazole rings is 1. The van der Waals surface area contributed by atoms with Gasteiger partial charge in [-0.1, -0.05) is 26.3 Å². The van der Waals surface area contributed by atoms with Crippen LogP contribution in [-0.2, 0) is 36.1 Å². The number of hydrogen-bond donors (Lipinski definition) is 0. The molecule has 17 heteroatoms. The highest BCUT2D eigenvalue weighted by Gasteiger charge is 2.46. The summed E-state index contributed by atoms with van der Waals surface area (Å²) >= 11 is 0. The van der Waals surface area contributed by atoms with E-state index in [4.69, 9.17) is 4.74 Å². The van der Waals surface area contributed by atoms with Gasteiger partial charge in [0.1, 0.15) is 12.4 Å². The number of sulfonamides is 2. The van der Waals surface area contributed by atoms with Crippen LogP contribution < -0.4 is 4.57 Å². The first-order chi connectivity index (χ1) is 14.9. The van der Waals surface area contributed by atoms with Gasteiger partial charge in [0.15, 0.2) is 20.0 Å². The van der Waals surface area contributed by atoms with Crippen molar-refractivity contribution in [2.24, 2.45) is 0 Å². The van der Waals surface area contributed by atoms with E-state index in [9.17, 15) is 48.0 Å². The molecule has 0 saturated carbocycles. The number of nitrogens with zero attached hydrogens (tertiary/aromatic N) is 3. The number of esters is 1. The van der Waals surface area contributed by atoms with Crippen molar-refractivity contribution in [3.05, 3.63) is 35.5 Å². The number of carbonyl (C=O) groups excluding carboxylic acids is 1. The lowest BCUT2D eigenvalue weighted by Gasteiger charge is -2.22. The zero-order valence-corrected chi connectivity index (χ0v) is 19.1. The van der Waals surface area contributed by atoms with Crippen molar-refractivity contribution < 1.29 is 57.3 Å². The minimum absolute atomic E-state index is 0.227. The SMILES string of the molecule is C=CC(=O)OC(CCCCC)n1cc[n+](CC)c1.O=S(=O)([N-]S(=O)(=O)C(F)(F)F)C(F)(F)F. The molecule has 0 N–H and O–H groups in total. The van der Waals surface area contributed by atoms with Crippen LogP contribution in [0.5, 0.6) is 0 Å². The number of unbranched alkanes of at least 4 members (excludes halogenated alkanes) is 2. The summed E-state index contributed by atoms with van der Waals surface area (Å²) in [6.07, 6.45) is 11.1. The second kappa shape index (κ2) is 12.4. The van der Waals surface area contributed by atoms with Gasteiger partial charge < -0.3 is 8.86 Å². The van der Waals surface area contributed by atoms with Crippen LogP contribution in [0.1, 0.15) is 45.8 Å². The molecule has 1 rings (SSSR count). The summed E-state index contributed by atoms with van der Waals surface area (Å²) in [6, 6.07) is 0. The van der Waals surface area contributed by atoms with Gasteiger partial charge in [0, 0.05) is 12.5 Å². The van der Waals surface area contributed by atoms with E-state index in [0.29, 0.717) is 0 Å². The monoisotopic (exact) mass is 531 g/mol. The third-order valence-electron chi connectivity index (χ3n) is 3.66. The summed E-state index contributed by atoms with van der Waals surface area (Å²) in [4.78, 5) is 11.3. The van der Waals surface area contributed by atoms with Gasteiger partial charge in [0.05, 0.1) is 6.54 Å². The van der Waals surface area contributed by atoms with E-state index in [2.05, 4.69) is 25.0 Å². The molecule has 0 amide bonds. The van der Waals surface area contributed by atoms with E-state index >= 15 is 0 Å². The molecule has 0 aromatic carbocycles. The van der Waals surface area contributed by atoms with Gasteiger partial charge in [-0.25, -0.2) is 26.2 Å². The number of aromatic nitrogens is 2. The van der Waals surface area contributed by atoms with Crippen molar-refractivity contribution in [3.63, 3.8) is 0 Å². The van der Waals surface area contributed by atoms with Gasteiger partial charge in [-0.3, -0.25) is 0 Å². The van der Waals surface area contributed by atoms with Crippen molar-refractivity contribution in [3.8, 4) is 0 Å². The molecule has 0 aliphatic rings. The molecule has 1 heterocycles. The number of halogens is 6. The lowest BCUT2D eigenvalue weighted by molar-refractivity contribution is -0.693. The zero-order valence-electron chi connectivity index (χ0n) is 17.5. The summed E-state index contributed by atoms with van der Waals surface area (Å²) < 4.78 is 119. The van der Waals surface area contributed by atoms with Crippen LogP contribution in [0.25, 0.3) is 4.13 Å². The first kappa shape index (κ1) is 30.9. The van der Waals surface area contributed by atoms with Gasteiger partial charge in [-0.05, 0) is 13.3 Å². The average molecular weight is 531 g/mol. The Morgan fingerprint density at radius 1 is 1.09 bits per heavy atom. The highest BCUT2D eigenvalue weighted by molar-refractivity contribution is 8.13. The van der Waals surface area contributed by atoms with E-state index in [0.717, 1.165) is 36.4 Å². The fourth-order valence-corrected chi connectivity index (χ4v) is 3.71. The Balaban J connectivity index is 0.000000633. The van der Waals surface area contributed by atoms with E-state index < -0.39 is 31.1 Å². The molecule has 1 aromatic heterocycles. The molecule has 192 valence electrons. The van der Waals surface area contributed by atoms with Crippen LogP contribution in [0.4, 0.5) is 26.3 Å². The predicted octanol–water partition coefficient (Wildman–Crippen LogP) is 3.66. The lowest BCUT2D eigenvalue weighted by Crippen LogP contribution is -2.30. The topological polar surface area (TPSA) is 117 Å². The Bertz CT molecular complexity index is 945. The molecule has 0 fully saturated rings. The Hall–Kier alpha value is -2.14. The van der Waals surface area contributed by atoms with Crippen molar-refractivity contribution in [1.82, 2.24) is 4.57 Å². The van der Waals surface area contributed by atoms with Gasteiger partial charge in [0.2, 0.25) is 12.6 Å². The number of aryl methyl sites for hydroxylation is 1. The summed E-state index contributed by atoms with van der Waals surface area (Å²) in [5, 5.41) is 0.